The van der Waals surface area contributed by atoms with Crippen LogP contribution >= 0.6 is 0 Å². The molecule has 0 bridgehead atoms. The SMILES string of the molecule is COc1ccc(Cc2ncc3c(n2)CN(C(=O)[C@@H](O)CC(C)C)C3)cc1. The quantitative estimate of drug-likeness (QED) is 0.861. The van der Waals surface area contributed by atoms with Crippen LogP contribution in [-0.4, -0.2) is 39.1 Å². The lowest BCUT2D eigenvalue weighted by Crippen LogP contribution is -2.36. The van der Waals surface area contributed by atoms with E-state index in [0.717, 1.165) is 28.4 Å². The number of hydrogen-bond donors (Lipinski definition) is 1. The Morgan fingerprint density at radius 2 is 2.00 bits per heavy atom. The molecule has 0 aliphatic carbocycles. The number of carbonyl (C=O) groups excluding carboxylic acids is 1. The number of aliphatic hydroxyl groups is 1. The highest BCUT2D eigenvalue weighted by Gasteiger charge is 2.29. The van der Waals surface area contributed by atoms with Gasteiger partial charge in [0.05, 0.1) is 19.3 Å². The smallest absolute Gasteiger partial charge is 0.252 e. The van der Waals surface area contributed by atoms with Crippen molar-refractivity contribution in [3.8, 4) is 5.75 Å². The minimum absolute atomic E-state index is 0.228. The second-order valence-electron chi connectivity index (χ2n) is 7.12. The van der Waals surface area contributed by atoms with Crippen molar-refractivity contribution in [3.63, 3.8) is 0 Å². The van der Waals surface area contributed by atoms with Crippen molar-refractivity contribution in [2.45, 2.75) is 45.9 Å². The predicted molar refractivity (Wildman–Crippen MR) is 97.5 cm³/mol. The molecule has 0 fully saturated rings. The molecular weight excluding hydrogens is 330 g/mol. The van der Waals surface area contributed by atoms with Crippen molar-refractivity contribution in [2.24, 2.45) is 5.92 Å². The van der Waals surface area contributed by atoms with Gasteiger partial charge in [0, 0.05) is 24.7 Å². The van der Waals surface area contributed by atoms with Crippen LogP contribution in [0.15, 0.2) is 30.5 Å². The highest BCUT2D eigenvalue weighted by molar-refractivity contribution is 5.81. The number of methoxy groups -OCH3 is 1. The Hall–Kier alpha value is -2.47. The van der Waals surface area contributed by atoms with E-state index in [2.05, 4.69) is 9.97 Å². The van der Waals surface area contributed by atoms with Gasteiger partial charge in [-0.25, -0.2) is 9.97 Å². The van der Waals surface area contributed by atoms with Crippen LogP contribution in [0.5, 0.6) is 5.75 Å². The van der Waals surface area contributed by atoms with Crippen LogP contribution in [0.25, 0.3) is 0 Å². The molecule has 138 valence electrons. The second-order valence-corrected chi connectivity index (χ2v) is 7.12. The largest absolute Gasteiger partial charge is 0.497 e. The fourth-order valence-electron chi connectivity index (χ4n) is 3.12. The van der Waals surface area contributed by atoms with Crippen LogP contribution in [0.3, 0.4) is 0 Å². The van der Waals surface area contributed by atoms with Gasteiger partial charge in [-0.1, -0.05) is 26.0 Å². The van der Waals surface area contributed by atoms with E-state index in [4.69, 9.17) is 4.74 Å². The Bertz CT molecular complexity index is 774. The van der Waals surface area contributed by atoms with Crippen LogP contribution in [0.2, 0.25) is 0 Å². The molecule has 2 aromatic rings. The summed E-state index contributed by atoms with van der Waals surface area (Å²) in [5.41, 5.74) is 2.92. The lowest BCUT2D eigenvalue weighted by molar-refractivity contribution is -0.141. The lowest BCUT2D eigenvalue weighted by atomic mass is 10.1. The van der Waals surface area contributed by atoms with E-state index in [9.17, 15) is 9.90 Å². The normalized spacial score (nSPS) is 14.4. The molecule has 1 aliphatic rings. The molecule has 1 N–H and O–H groups in total. The third-order valence-electron chi connectivity index (χ3n) is 4.52. The summed E-state index contributed by atoms with van der Waals surface area (Å²) in [5.74, 6) is 1.59. The molecule has 1 atom stereocenters. The number of aromatic nitrogens is 2. The van der Waals surface area contributed by atoms with Crippen molar-refractivity contribution in [3.05, 3.63) is 53.1 Å². The molecular formula is C20H25N3O3. The molecule has 0 radical (unpaired) electrons. The summed E-state index contributed by atoms with van der Waals surface area (Å²) >= 11 is 0. The van der Waals surface area contributed by atoms with E-state index >= 15 is 0 Å². The van der Waals surface area contributed by atoms with Crippen LogP contribution in [0.4, 0.5) is 0 Å². The number of carbonyl (C=O) groups is 1. The molecule has 1 amide bonds. The van der Waals surface area contributed by atoms with Gasteiger partial charge in [0.2, 0.25) is 0 Å². The number of amides is 1. The predicted octanol–water partition coefficient (Wildman–Crippen LogP) is 2.33. The summed E-state index contributed by atoms with van der Waals surface area (Å²) < 4.78 is 5.17. The first-order valence-corrected chi connectivity index (χ1v) is 8.89. The first kappa shape index (κ1) is 18.3. The molecule has 0 unspecified atom stereocenters. The molecule has 6 heteroatoms. The van der Waals surface area contributed by atoms with Crippen LogP contribution in [0, 0.1) is 5.92 Å². The van der Waals surface area contributed by atoms with E-state index in [1.807, 2.05) is 38.1 Å². The number of nitrogens with zero attached hydrogens (tertiary/aromatic N) is 3. The van der Waals surface area contributed by atoms with Gasteiger partial charge in [-0.15, -0.1) is 0 Å². The molecule has 1 aliphatic heterocycles. The summed E-state index contributed by atoms with van der Waals surface area (Å²) in [4.78, 5) is 23.1. The van der Waals surface area contributed by atoms with E-state index in [1.54, 1.807) is 18.2 Å². The highest BCUT2D eigenvalue weighted by atomic mass is 16.5. The van der Waals surface area contributed by atoms with E-state index in [1.165, 1.54) is 0 Å². The number of fused-ring (bicyclic) bond motifs is 1. The minimum Gasteiger partial charge on any atom is -0.497 e. The van der Waals surface area contributed by atoms with Crippen LogP contribution < -0.4 is 4.74 Å². The van der Waals surface area contributed by atoms with Crippen molar-refractivity contribution >= 4 is 5.91 Å². The third kappa shape index (κ3) is 4.19. The molecule has 0 saturated carbocycles. The number of rotatable bonds is 6. The number of hydrogen-bond acceptors (Lipinski definition) is 5. The van der Waals surface area contributed by atoms with Gasteiger partial charge in [0.25, 0.3) is 5.91 Å². The third-order valence-corrected chi connectivity index (χ3v) is 4.52. The first-order chi connectivity index (χ1) is 12.5. The Balaban J connectivity index is 1.66. The average Bonchev–Trinajstić information content (AvgIpc) is 3.04. The maximum absolute atomic E-state index is 12.4. The monoisotopic (exact) mass is 355 g/mol. The van der Waals surface area contributed by atoms with Crippen LogP contribution in [-0.2, 0) is 24.3 Å². The van der Waals surface area contributed by atoms with Gasteiger partial charge < -0.3 is 14.7 Å². The molecule has 6 nitrogen and oxygen atoms in total. The fraction of sp³-hybridized carbons (Fsp3) is 0.450. The summed E-state index contributed by atoms with van der Waals surface area (Å²) in [7, 11) is 1.64. The van der Waals surface area contributed by atoms with Crippen molar-refractivity contribution in [1.29, 1.82) is 0 Å². The zero-order valence-corrected chi connectivity index (χ0v) is 15.5. The van der Waals surface area contributed by atoms with E-state index in [0.29, 0.717) is 25.9 Å². The van der Waals surface area contributed by atoms with Crippen molar-refractivity contribution in [1.82, 2.24) is 14.9 Å². The zero-order chi connectivity index (χ0) is 18.7. The van der Waals surface area contributed by atoms with Gasteiger partial charge >= 0.3 is 0 Å². The topological polar surface area (TPSA) is 75.6 Å². The second kappa shape index (κ2) is 7.83. The molecule has 0 saturated heterocycles. The number of aliphatic hydroxyl groups excluding tert-OH is 1. The summed E-state index contributed by atoms with van der Waals surface area (Å²) in [6.45, 7) is 4.88. The lowest BCUT2D eigenvalue weighted by Gasteiger charge is -2.20. The van der Waals surface area contributed by atoms with Crippen LogP contribution in [0.1, 0.15) is 42.9 Å². The number of benzene rings is 1. The van der Waals surface area contributed by atoms with Gasteiger partial charge in [-0.05, 0) is 30.0 Å². The molecule has 1 aromatic carbocycles. The Kier molecular flexibility index (Phi) is 5.52. The Morgan fingerprint density at radius 1 is 1.27 bits per heavy atom. The fourth-order valence-corrected chi connectivity index (χ4v) is 3.12. The Labute approximate surface area is 153 Å². The Morgan fingerprint density at radius 3 is 2.65 bits per heavy atom. The molecule has 1 aromatic heterocycles. The highest BCUT2D eigenvalue weighted by Crippen LogP contribution is 2.23. The first-order valence-electron chi connectivity index (χ1n) is 8.89. The maximum Gasteiger partial charge on any atom is 0.252 e. The van der Waals surface area contributed by atoms with Crippen molar-refractivity contribution in [2.75, 3.05) is 7.11 Å². The van der Waals surface area contributed by atoms with Gasteiger partial charge in [-0.2, -0.15) is 0 Å². The molecule has 2 heterocycles. The number of ether oxygens (including phenoxy) is 1. The molecule has 26 heavy (non-hydrogen) atoms. The van der Waals surface area contributed by atoms with Gasteiger partial charge in [-0.3, -0.25) is 4.79 Å². The summed E-state index contributed by atoms with van der Waals surface area (Å²) in [5, 5.41) is 10.1. The molecule has 3 rings (SSSR count). The summed E-state index contributed by atoms with van der Waals surface area (Å²) in [6.07, 6.45) is 1.95. The maximum atomic E-state index is 12.4. The minimum atomic E-state index is -0.948. The standard InChI is InChI=1S/C20H25N3O3/c1-13(2)8-18(24)20(25)23-11-15-10-21-19(22-17(15)12-23)9-14-4-6-16(26-3)7-5-14/h4-7,10,13,18,24H,8-9,11-12H2,1-3H3/t18-/m0/s1. The van der Waals surface area contributed by atoms with E-state index in [-0.39, 0.29) is 11.8 Å². The van der Waals surface area contributed by atoms with Crippen molar-refractivity contribution < 1.29 is 14.6 Å². The average molecular weight is 355 g/mol. The van der Waals surface area contributed by atoms with Gasteiger partial charge in [0.1, 0.15) is 17.7 Å². The van der Waals surface area contributed by atoms with Gasteiger partial charge in [0.15, 0.2) is 0 Å². The van der Waals surface area contributed by atoms with E-state index < -0.39 is 6.10 Å². The zero-order valence-electron chi connectivity index (χ0n) is 15.5. The summed E-state index contributed by atoms with van der Waals surface area (Å²) in [6, 6.07) is 7.82. The molecule has 0 spiro atoms.